The summed E-state index contributed by atoms with van der Waals surface area (Å²) in [7, 11) is 0. The van der Waals surface area contributed by atoms with E-state index < -0.39 is 12.1 Å². The molecule has 1 aliphatic heterocycles. The van der Waals surface area contributed by atoms with E-state index in [4.69, 9.17) is 0 Å². The van der Waals surface area contributed by atoms with Gasteiger partial charge in [0, 0.05) is 12.5 Å². The lowest BCUT2D eigenvalue weighted by molar-refractivity contribution is -0.123. The van der Waals surface area contributed by atoms with E-state index in [2.05, 4.69) is 5.32 Å². The van der Waals surface area contributed by atoms with E-state index in [1.165, 1.54) is 0 Å². The van der Waals surface area contributed by atoms with Crippen molar-refractivity contribution in [3.05, 3.63) is 0 Å². The van der Waals surface area contributed by atoms with Crippen molar-refractivity contribution in [1.82, 2.24) is 5.32 Å². The van der Waals surface area contributed by atoms with E-state index in [0.29, 0.717) is 6.54 Å². The highest BCUT2D eigenvalue weighted by Gasteiger charge is 2.30. The molecule has 0 spiro atoms. The Hall–Kier alpha value is -0.600. The van der Waals surface area contributed by atoms with E-state index in [0.717, 1.165) is 0 Å². The minimum absolute atomic E-state index is 0.137. The van der Waals surface area contributed by atoms with Gasteiger partial charge in [0.15, 0.2) is 6.17 Å². The lowest BCUT2D eigenvalue weighted by atomic mass is 10.1. The SMILES string of the molecule is CC1CNC(=O)C1F. The standard InChI is InChI=1S/C5H8FNO/c1-3-2-7-5(8)4(3)6/h3-4H,2H2,1H3,(H,7,8). The van der Waals surface area contributed by atoms with Crippen molar-refractivity contribution < 1.29 is 9.18 Å². The molecule has 1 rings (SSSR count). The molecule has 2 nitrogen and oxygen atoms in total. The smallest absolute Gasteiger partial charge is 0.254 e. The monoisotopic (exact) mass is 117 g/mol. The van der Waals surface area contributed by atoms with Gasteiger partial charge in [-0.2, -0.15) is 0 Å². The van der Waals surface area contributed by atoms with Crippen LogP contribution < -0.4 is 5.32 Å². The molecule has 0 bridgehead atoms. The molecule has 1 amide bonds. The molecule has 0 aromatic heterocycles. The van der Waals surface area contributed by atoms with Gasteiger partial charge in [-0.25, -0.2) is 4.39 Å². The second-order valence-electron chi connectivity index (χ2n) is 2.12. The molecule has 8 heavy (non-hydrogen) atoms. The second-order valence-corrected chi connectivity index (χ2v) is 2.12. The average molecular weight is 117 g/mol. The van der Waals surface area contributed by atoms with Crippen LogP contribution in [0.15, 0.2) is 0 Å². The minimum atomic E-state index is -1.27. The number of carbonyl (C=O) groups is 1. The van der Waals surface area contributed by atoms with E-state index >= 15 is 0 Å². The Bertz CT molecular complexity index is 115. The van der Waals surface area contributed by atoms with Crippen LogP contribution >= 0.6 is 0 Å². The van der Waals surface area contributed by atoms with Gasteiger partial charge in [-0.05, 0) is 0 Å². The van der Waals surface area contributed by atoms with Gasteiger partial charge in [0.1, 0.15) is 0 Å². The number of hydrogen-bond donors (Lipinski definition) is 1. The number of amides is 1. The predicted molar refractivity (Wildman–Crippen MR) is 27.1 cm³/mol. The summed E-state index contributed by atoms with van der Waals surface area (Å²) in [4.78, 5) is 10.3. The zero-order valence-corrected chi connectivity index (χ0v) is 4.65. The fourth-order valence-corrected chi connectivity index (χ4v) is 0.721. The molecule has 46 valence electrons. The summed E-state index contributed by atoms with van der Waals surface area (Å²) in [5, 5.41) is 2.41. The molecule has 0 radical (unpaired) electrons. The van der Waals surface area contributed by atoms with Crippen molar-refractivity contribution in [3.63, 3.8) is 0 Å². The molecule has 0 aromatic rings. The molecule has 3 heteroatoms. The Morgan fingerprint density at radius 1 is 1.88 bits per heavy atom. The lowest BCUT2D eigenvalue weighted by Gasteiger charge is -1.96. The van der Waals surface area contributed by atoms with Crippen molar-refractivity contribution in [2.75, 3.05) is 6.54 Å². The highest BCUT2D eigenvalue weighted by atomic mass is 19.1. The fraction of sp³-hybridized carbons (Fsp3) is 0.800. The normalized spacial score (nSPS) is 37.5. The van der Waals surface area contributed by atoms with Crippen LogP contribution in [0.3, 0.4) is 0 Å². The molecule has 1 aliphatic rings. The fourth-order valence-electron chi connectivity index (χ4n) is 0.721. The minimum Gasteiger partial charge on any atom is -0.353 e. The van der Waals surface area contributed by atoms with Gasteiger partial charge < -0.3 is 5.32 Å². The maximum Gasteiger partial charge on any atom is 0.254 e. The summed E-state index contributed by atoms with van der Waals surface area (Å²) in [6, 6.07) is 0. The van der Waals surface area contributed by atoms with Crippen molar-refractivity contribution in [3.8, 4) is 0 Å². The number of alkyl halides is 1. The van der Waals surface area contributed by atoms with Crippen molar-refractivity contribution >= 4 is 5.91 Å². The van der Waals surface area contributed by atoms with Crippen LogP contribution in [0.4, 0.5) is 4.39 Å². The third-order valence-corrected chi connectivity index (χ3v) is 1.35. The second kappa shape index (κ2) is 1.73. The first-order valence-electron chi connectivity index (χ1n) is 2.63. The Balaban J connectivity index is 2.56. The van der Waals surface area contributed by atoms with Crippen LogP contribution in [0.5, 0.6) is 0 Å². The van der Waals surface area contributed by atoms with Crippen LogP contribution in [0.25, 0.3) is 0 Å². The van der Waals surface area contributed by atoms with Crippen LogP contribution in [0.1, 0.15) is 6.92 Å². The maximum absolute atomic E-state index is 12.3. The molecule has 1 heterocycles. The van der Waals surface area contributed by atoms with Gasteiger partial charge in [0.25, 0.3) is 5.91 Å². The van der Waals surface area contributed by atoms with Crippen LogP contribution in [0.2, 0.25) is 0 Å². The summed E-state index contributed by atoms with van der Waals surface area (Å²) < 4.78 is 12.3. The first kappa shape index (κ1) is 5.54. The molecule has 2 unspecified atom stereocenters. The number of nitrogens with one attached hydrogen (secondary N) is 1. The van der Waals surface area contributed by atoms with Crippen LogP contribution in [-0.2, 0) is 4.79 Å². The molecular weight excluding hydrogens is 109 g/mol. The molecular formula is C5H8FNO. The Morgan fingerprint density at radius 3 is 2.62 bits per heavy atom. The van der Waals surface area contributed by atoms with Gasteiger partial charge in [0.05, 0.1) is 0 Å². The summed E-state index contributed by atoms with van der Waals surface area (Å²) in [6.45, 7) is 2.20. The van der Waals surface area contributed by atoms with E-state index in [9.17, 15) is 9.18 Å². The summed E-state index contributed by atoms with van der Waals surface area (Å²) >= 11 is 0. The number of carbonyl (C=O) groups excluding carboxylic acids is 1. The number of hydrogen-bond acceptors (Lipinski definition) is 1. The first-order chi connectivity index (χ1) is 3.72. The zero-order chi connectivity index (χ0) is 6.15. The largest absolute Gasteiger partial charge is 0.353 e. The third kappa shape index (κ3) is 0.680. The highest BCUT2D eigenvalue weighted by Crippen LogP contribution is 2.11. The zero-order valence-electron chi connectivity index (χ0n) is 4.65. The van der Waals surface area contributed by atoms with Crippen LogP contribution in [-0.4, -0.2) is 18.6 Å². The average Bonchev–Trinajstić information content (AvgIpc) is 1.98. The predicted octanol–water partition coefficient (Wildman–Crippen LogP) is 0.0904. The third-order valence-electron chi connectivity index (χ3n) is 1.35. The molecule has 1 saturated heterocycles. The maximum atomic E-state index is 12.3. The number of halogens is 1. The Labute approximate surface area is 47.1 Å². The van der Waals surface area contributed by atoms with E-state index in [1.54, 1.807) is 6.92 Å². The van der Waals surface area contributed by atoms with E-state index in [-0.39, 0.29) is 5.92 Å². The van der Waals surface area contributed by atoms with Crippen molar-refractivity contribution in [1.29, 1.82) is 0 Å². The van der Waals surface area contributed by atoms with Gasteiger partial charge in [-0.1, -0.05) is 6.92 Å². The van der Waals surface area contributed by atoms with Gasteiger partial charge in [0.2, 0.25) is 0 Å². The Kier molecular flexibility index (Phi) is 1.19. The summed E-state index contributed by atoms with van der Waals surface area (Å²) in [5.41, 5.74) is 0. The lowest BCUT2D eigenvalue weighted by Crippen LogP contribution is -2.19. The van der Waals surface area contributed by atoms with E-state index in [1.807, 2.05) is 0 Å². The summed E-state index contributed by atoms with van der Waals surface area (Å²) in [6.07, 6.45) is -1.27. The Morgan fingerprint density at radius 2 is 2.50 bits per heavy atom. The van der Waals surface area contributed by atoms with Crippen molar-refractivity contribution in [2.24, 2.45) is 5.92 Å². The molecule has 0 saturated carbocycles. The quantitative estimate of drug-likeness (QED) is 0.478. The van der Waals surface area contributed by atoms with Crippen LogP contribution in [0, 0.1) is 5.92 Å². The number of rotatable bonds is 0. The molecule has 1 fully saturated rings. The molecule has 0 aromatic carbocycles. The molecule has 0 aliphatic carbocycles. The highest BCUT2D eigenvalue weighted by molar-refractivity contribution is 5.83. The van der Waals surface area contributed by atoms with Gasteiger partial charge in [-0.3, -0.25) is 4.79 Å². The topological polar surface area (TPSA) is 29.1 Å². The van der Waals surface area contributed by atoms with Gasteiger partial charge >= 0.3 is 0 Å². The first-order valence-corrected chi connectivity index (χ1v) is 2.63. The molecule has 2 atom stereocenters. The van der Waals surface area contributed by atoms with Crippen molar-refractivity contribution in [2.45, 2.75) is 13.1 Å². The molecule has 1 N–H and O–H groups in total. The van der Waals surface area contributed by atoms with Gasteiger partial charge in [-0.15, -0.1) is 0 Å². The summed E-state index contributed by atoms with van der Waals surface area (Å²) in [5.74, 6) is -0.597.